The zero-order valence-corrected chi connectivity index (χ0v) is 17.4. The van der Waals surface area contributed by atoms with Gasteiger partial charge in [-0.3, -0.25) is 4.90 Å². The highest BCUT2D eigenvalue weighted by molar-refractivity contribution is 5.83. The first-order chi connectivity index (χ1) is 14.7. The molecule has 0 aliphatic carbocycles. The van der Waals surface area contributed by atoms with E-state index in [-0.39, 0.29) is 12.1 Å². The summed E-state index contributed by atoms with van der Waals surface area (Å²) in [6, 6.07) is 22.6. The molecule has 1 atom stereocenters. The molecular weight excluding hydrogens is 374 g/mol. The molecule has 1 heterocycles. The van der Waals surface area contributed by atoms with Crippen LogP contribution in [0.2, 0.25) is 0 Å². The van der Waals surface area contributed by atoms with Crippen LogP contribution in [0, 0.1) is 0 Å². The standard InChI is InChI=1S/C25H29N3O2/c1-19(21-11-10-20-6-2-3-7-22(20)16-21)27-25(29)26-17-23-8-4-5-9-24(23)18-28-12-14-30-15-13-28/h2-11,16,19H,12-15,17-18H2,1H3,(H2,26,27,29)/t19-/m1/s1. The van der Waals surface area contributed by atoms with Crippen LogP contribution in [0.4, 0.5) is 4.79 Å². The van der Waals surface area contributed by atoms with Crippen molar-refractivity contribution in [2.75, 3.05) is 26.3 Å². The Morgan fingerprint density at radius 3 is 2.47 bits per heavy atom. The predicted octanol–water partition coefficient (Wildman–Crippen LogP) is 4.23. The Morgan fingerprint density at radius 1 is 0.967 bits per heavy atom. The average molecular weight is 404 g/mol. The van der Waals surface area contributed by atoms with Gasteiger partial charge in [-0.05, 0) is 40.5 Å². The van der Waals surface area contributed by atoms with Gasteiger partial charge in [0.05, 0.1) is 19.3 Å². The number of hydrogen-bond donors (Lipinski definition) is 2. The lowest BCUT2D eigenvalue weighted by molar-refractivity contribution is 0.0341. The third-order valence-electron chi connectivity index (χ3n) is 5.68. The number of fused-ring (bicyclic) bond motifs is 1. The second-order valence-electron chi connectivity index (χ2n) is 7.81. The Labute approximate surface area is 178 Å². The van der Waals surface area contributed by atoms with Crippen molar-refractivity contribution in [2.24, 2.45) is 0 Å². The van der Waals surface area contributed by atoms with Crippen LogP contribution in [0.15, 0.2) is 66.7 Å². The first-order valence-corrected chi connectivity index (χ1v) is 10.6. The molecule has 0 radical (unpaired) electrons. The zero-order valence-electron chi connectivity index (χ0n) is 17.4. The molecule has 2 amide bonds. The van der Waals surface area contributed by atoms with Gasteiger partial charge in [0.2, 0.25) is 0 Å². The van der Waals surface area contributed by atoms with E-state index in [0.717, 1.165) is 44.0 Å². The van der Waals surface area contributed by atoms with Crippen LogP contribution in [0.1, 0.15) is 29.7 Å². The smallest absolute Gasteiger partial charge is 0.315 e. The van der Waals surface area contributed by atoms with E-state index >= 15 is 0 Å². The van der Waals surface area contributed by atoms with E-state index in [1.165, 1.54) is 16.3 Å². The van der Waals surface area contributed by atoms with Crippen LogP contribution in [0.25, 0.3) is 10.8 Å². The summed E-state index contributed by atoms with van der Waals surface area (Å²) in [6.45, 7) is 6.88. The number of urea groups is 1. The molecule has 0 saturated carbocycles. The van der Waals surface area contributed by atoms with Gasteiger partial charge in [0.25, 0.3) is 0 Å². The molecule has 1 aliphatic heterocycles. The largest absolute Gasteiger partial charge is 0.379 e. The first kappa shape index (κ1) is 20.4. The normalized spacial score (nSPS) is 15.6. The number of benzene rings is 3. The summed E-state index contributed by atoms with van der Waals surface area (Å²) in [5.74, 6) is 0. The Balaban J connectivity index is 1.34. The number of nitrogens with one attached hydrogen (secondary N) is 2. The van der Waals surface area contributed by atoms with Crippen LogP contribution in [0.5, 0.6) is 0 Å². The van der Waals surface area contributed by atoms with Crippen molar-refractivity contribution in [2.45, 2.75) is 26.1 Å². The summed E-state index contributed by atoms with van der Waals surface area (Å²) in [6.07, 6.45) is 0. The van der Waals surface area contributed by atoms with Crippen molar-refractivity contribution in [1.29, 1.82) is 0 Å². The van der Waals surface area contributed by atoms with Gasteiger partial charge in [-0.15, -0.1) is 0 Å². The second-order valence-corrected chi connectivity index (χ2v) is 7.81. The lowest BCUT2D eigenvalue weighted by Crippen LogP contribution is -2.37. The molecule has 1 aliphatic rings. The monoisotopic (exact) mass is 403 g/mol. The van der Waals surface area contributed by atoms with E-state index < -0.39 is 0 Å². The minimum Gasteiger partial charge on any atom is -0.379 e. The molecule has 1 fully saturated rings. The summed E-state index contributed by atoms with van der Waals surface area (Å²) in [7, 11) is 0. The highest BCUT2D eigenvalue weighted by Crippen LogP contribution is 2.20. The van der Waals surface area contributed by atoms with Crippen molar-refractivity contribution in [3.8, 4) is 0 Å². The Morgan fingerprint density at radius 2 is 1.67 bits per heavy atom. The minimum atomic E-state index is -0.156. The number of nitrogens with zero attached hydrogens (tertiary/aromatic N) is 1. The molecule has 4 rings (SSSR count). The number of morpholine rings is 1. The molecule has 30 heavy (non-hydrogen) atoms. The van der Waals surface area contributed by atoms with Crippen LogP contribution in [0.3, 0.4) is 0 Å². The van der Waals surface area contributed by atoms with Crippen LogP contribution >= 0.6 is 0 Å². The lowest BCUT2D eigenvalue weighted by Gasteiger charge is -2.27. The number of ether oxygens (including phenoxy) is 1. The summed E-state index contributed by atoms with van der Waals surface area (Å²) in [5.41, 5.74) is 3.50. The van der Waals surface area contributed by atoms with E-state index in [4.69, 9.17) is 4.74 Å². The molecule has 5 nitrogen and oxygen atoms in total. The van der Waals surface area contributed by atoms with Crippen molar-refractivity contribution in [1.82, 2.24) is 15.5 Å². The van der Waals surface area contributed by atoms with Gasteiger partial charge in [0.1, 0.15) is 0 Å². The Kier molecular flexibility index (Phi) is 6.62. The van der Waals surface area contributed by atoms with E-state index in [2.05, 4.69) is 64.1 Å². The number of carbonyl (C=O) groups is 1. The molecule has 0 spiro atoms. The fourth-order valence-electron chi connectivity index (χ4n) is 3.87. The van der Waals surface area contributed by atoms with Crippen LogP contribution in [-0.4, -0.2) is 37.2 Å². The van der Waals surface area contributed by atoms with E-state index in [0.29, 0.717) is 6.54 Å². The molecule has 0 unspecified atom stereocenters. The summed E-state index contributed by atoms with van der Waals surface area (Å²) < 4.78 is 5.44. The van der Waals surface area contributed by atoms with Gasteiger partial charge in [0, 0.05) is 26.2 Å². The van der Waals surface area contributed by atoms with Crippen LogP contribution in [-0.2, 0) is 17.8 Å². The van der Waals surface area contributed by atoms with Gasteiger partial charge in [-0.2, -0.15) is 0 Å². The molecular formula is C25H29N3O2. The molecule has 5 heteroatoms. The minimum absolute atomic E-state index is 0.0711. The molecule has 3 aromatic rings. The Hall–Kier alpha value is -2.89. The third-order valence-corrected chi connectivity index (χ3v) is 5.68. The maximum Gasteiger partial charge on any atom is 0.315 e. The van der Waals surface area contributed by atoms with Crippen molar-refractivity contribution in [3.05, 3.63) is 83.4 Å². The second kappa shape index (κ2) is 9.74. The third kappa shape index (κ3) is 5.17. The number of rotatable bonds is 6. The summed E-state index contributed by atoms with van der Waals surface area (Å²) in [4.78, 5) is 14.9. The maximum atomic E-state index is 12.5. The molecule has 2 N–H and O–H groups in total. The zero-order chi connectivity index (χ0) is 20.8. The first-order valence-electron chi connectivity index (χ1n) is 10.6. The van der Waals surface area contributed by atoms with E-state index in [1.54, 1.807) is 0 Å². The van der Waals surface area contributed by atoms with Gasteiger partial charge >= 0.3 is 6.03 Å². The van der Waals surface area contributed by atoms with Crippen molar-refractivity contribution < 1.29 is 9.53 Å². The van der Waals surface area contributed by atoms with Crippen molar-refractivity contribution >= 4 is 16.8 Å². The summed E-state index contributed by atoms with van der Waals surface area (Å²) in [5, 5.41) is 8.46. The molecule has 3 aromatic carbocycles. The molecule has 156 valence electrons. The highest BCUT2D eigenvalue weighted by atomic mass is 16.5. The molecule has 1 saturated heterocycles. The topological polar surface area (TPSA) is 53.6 Å². The van der Waals surface area contributed by atoms with Crippen molar-refractivity contribution in [3.63, 3.8) is 0 Å². The predicted molar refractivity (Wildman–Crippen MR) is 120 cm³/mol. The van der Waals surface area contributed by atoms with E-state index in [9.17, 15) is 4.79 Å². The van der Waals surface area contributed by atoms with Crippen LogP contribution < -0.4 is 10.6 Å². The highest BCUT2D eigenvalue weighted by Gasteiger charge is 2.14. The number of carbonyl (C=O) groups excluding carboxylic acids is 1. The number of hydrogen-bond acceptors (Lipinski definition) is 3. The summed E-state index contributed by atoms with van der Waals surface area (Å²) >= 11 is 0. The van der Waals surface area contributed by atoms with E-state index in [1.807, 2.05) is 25.1 Å². The van der Waals surface area contributed by atoms with Gasteiger partial charge in [-0.1, -0.05) is 60.7 Å². The Bertz CT molecular complexity index is 998. The average Bonchev–Trinajstić information content (AvgIpc) is 2.79. The van der Waals surface area contributed by atoms with Gasteiger partial charge in [0.15, 0.2) is 0 Å². The lowest BCUT2D eigenvalue weighted by atomic mass is 10.0. The van der Waals surface area contributed by atoms with Gasteiger partial charge < -0.3 is 15.4 Å². The van der Waals surface area contributed by atoms with Gasteiger partial charge in [-0.25, -0.2) is 4.79 Å². The fraction of sp³-hybridized carbons (Fsp3) is 0.320. The molecule has 0 bridgehead atoms. The fourth-order valence-corrected chi connectivity index (χ4v) is 3.87. The quantitative estimate of drug-likeness (QED) is 0.648. The molecule has 0 aromatic heterocycles. The SMILES string of the molecule is C[C@@H](NC(=O)NCc1ccccc1CN1CCOCC1)c1ccc2ccccc2c1. The number of amides is 2. The maximum absolute atomic E-state index is 12.5.